The van der Waals surface area contributed by atoms with Crippen LogP contribution in [0.4, 0.5) is 4.79 Å². The van der Waals surface area contributed by atoms with Crippen LogP contribution in [0.5, 0.6) is 0 Å². The minimum Gasteiger partial charge on any atom is -0.444 e. The molecule has 0 radical (unpaired) electrons. The molecule has 2 amide bonds. The number of hydrogen-bond donors (Lipinski definition) is 1. The van der Waals surface area contributed by atoms with Crippen molar-refractivity contribution in [3.05, 3.63) is 0 Å². The molecular formula is C12H22N2O4. The Kier molecular flexibility index (Phi) is 4.21. The van der Waals surface area contributed by atoms with E-state index in [-0.39, 0.29) is 12.7 Å². The Morgan fingerprint density at radius 2 is 2.00 bits per heavy atom. The zero-order valence-electron chi connectivity index (χ0n) is 11.5. The number of primary amides is 1. The van der Waals surface area contributed by atoms with E-state index in [4.69, 9.17) is 15.2 Å². The van der Waals surface area contributed by atoms with Gasteiger partial charge in [0, 0.05) is 6.54 Å². The molecule has 0 saturated carbocycles. The van der Waals surface area contributed by atoms with Gasteiger partial charge in [-0.2, -0.15) is 0 Å². The second kappa shape index (κ2) is 5.14. The van der Waals surface area contributed by atoms with Gasteiger partial charge in [-0.3, -0.25) is 4.79 Å². The van der Waals surface area contributed by atoms with Crippen molar-refractivity contribution < 1.29 is 19.1 Å². The van der Waals surface area contributed by atoms with E-state index in [0.717, 1.165) is 0 Å². The molecule has 1 aliphatic heterocycles. The lowest BCUT2D eigenvalue weighted by Gasteiger charge is -2.27. The summed E-state index contributed by atoms with van der Waals surface area (Å²) >= 11 is 0. The van der Waals surface area contributed by atoms with Crippen LogP contribution in [-0.4, -0.2) is 47.8 Å². The molecule has 0 aromatic carbocycles. The van der Waals surface area contributed by atoms with Gasteiger partial charge < -0.3 is 20.1 Å². The molecule has 1 heterocycles. The van der Waals surface area contributed by atoms with Gasteiger partial charge in [0.2, 0.25) is 5.91 Å². The minimum atomic E-state index is -0.522. The smallest absolute Gasteiger partial charge is 0.410 e. The van der Waals surface area contributed by atoms with Crippen LogP contribution in [0.2, 0.25) is 0 Å². The Labute approximate surface area is 107 Å². The first-order valence-corrected chi connectivity index (χ1v) is 6.01. The molecule has 1 atom stereocenters. The van der Waals surface area contributed by atoms with E-state index >= 15 is 0 Å². The van der Waals surface area contributed by atoms with Crippen molar-refractivity contribution in [2.45, 2.75) is 45.3 Å². The first kappa shape index (κ1) is 14.8. The number of hydrogen-bond acceptors (Lipinski definition) is 4. The van der Waals surface area contributed by atoms with Crippen molar-refractivity contribution in [3.8, 4) is 0 Å². The lowest BCUT2D eigenvalue weighted by molar-refractivity contribution is -0.128. The number of nitrogens with two attached hydrogens (primary N) is 1. The third-order valence-corrected chi connectivity index (χ3v) is 2.65. The topological polar surface area (TPSA) is 81.9 Å². The van der Waals surface area contributed by atoms with E-state index in [1.807, 2.05) is 27.7 Å². The van der Waals surface area contributed by atoms with Gasteiger partial charge in [0.1, 0.15) is 12.2 Å². The minimum absolute atomic E-state index is 0.126. The largest absolute Gasteiger partial charge is 0.444 e. The maximum absolute atomic E-state index is 11.8. The standard InChI is InChI=1S/C12H22N2O4/c1-11(2,3)18-10(16)14-6-5-12(4,8-14)17-7-9(13)15/h5-8H2,1-4H3,(H2,13,15). The first-order valence-electron chi connectivity index (χ1n) is 6.01. The predicted molar refractivity (Wildman–Crippen MR) is 66.0 cm³/mol. The molecule has 1 rings (SSSR count). The summed E-state index contributed by atoms with van der Waals surface area (Å²) in [4.78, 5) is 24.1. The number of nitrogens with zero attached hydrogens (tertiary/aromatic N) is 1. The van der Waals surface area contributed by atoms with Crippen LogP contribution in [0, 0.1) is 0 Å². The van der Waals surface area contributed by atoms with E-state index < -0.39 is 17.1 Å². The van der Waals surface area contributed by atoms with Crippen molar-refractivity contribution >= 4 is 12.0 Å². The van der Waals surface area contributed by atoms with Crippen LogP contribution < -0.4 is 5.73 Å². The second-order valence-corrected chi connectivity index (χ2v) is 5.86. The number of rotatable bonds is 3. The molecule has 6 nitrogen and oxygen atoms in total. The van der Waals surface area contributed by atoms with Crippen LogP contribution >= 0.6 is 0 Å². The monoisotopic (exact) mass is 258 g/mol. The summed E-state index contributed by atoms with van der Waals surface area (Å²) in [5.74, 6) is -0.507. The summed E-state index contributed by atoms with van der Waals surface area (Å²) in [6.07, 6.45) is 0.313. The zero-order valence-corrected chi connectivity index (χ0v) is 11.5. The zero-order chi connectivity index (χ0) is 14.0. The van der Waals surface area contributed by atoms with Gasteiger partial charge in [0.05, 0.1) is 12.1 Å². The molecule has 18 heavy (non-hydrogen) atoms. The maximum atomic E-state index is 11.8. The molecule has 104 valence electrons. The van der Waals surface area contributed by atoms with Crippen molar-refractivity contribution in [2.24, 2.45) is 5.73 Å². The summed E-state index contributed by atoms with van der Waals surface area (Å²) in [6, 6.07) is 0. The van der Waals surface area contributed by atoms with E-state index in [1.165, 1.54) is 0 Å². The van der Waals surface area contributed by atoms with Crippen LogP contribution in [0.15, 0.2) is 0 Å². The quantitative estimate of drug-likeness (QED) is 0.815. The fraction of sp³-hybridized carbons (Fsp3) is 0.833. The van der Waals surface area contributed by atoms with Crippen LogP contribution in [0.3, 0.4) is 0 Å². The summed E-state index contributed by atoms with van der Waals surface area (Å²) in [5, 5.41) is 0. The third-order valence-electron chi connectivity index (χ3n) is 2.65. The maximum Gasteiger partial charge on any atom is 0.410 e. The highest BCUT2D eigenvalue weighted by atomic mass is 16.6. The first-order chi connectivity index (χ1) is 8.11. The molecule has 0 aliphatic carbocycles. The van der Waals surface area contributed by atoms with Gasteiger partial charge in [0.15, 0.2) is 0 Å². The van der Waals surface area contributed by atoms with Crippen molar-refractivity contribution in [2.75, 3.05) is 19.7 Å². The van der Waals surface area contributed by atoms with Gasteiger partial charge in [-0.1, -0.05) is 0 Å². The van der Waals surface area contributed by atoms with Gasteiger partial charge in [-0.05, 0) is 34.1 Å². The molecule has 0 aromatic heterocycles. The predicted octanol–water partition coefficient (Wildman–Crippen LogP) is 0.888. The SMILES string of the molecule is CC(C)(C)OC(=O)N1CCC(C)(OCC(N)=O)C1. The molecular weight excluding hydrogens is 236 g/mol. The lowest BCUT2D eigenvalue weighted by atomic mass is 10.1. The normalized spacial score (nSPS) is 24.1. The Hall–Kier alpha value is -1.30. The van der Waals surface area contributed by atoms with Crippen LogP contribution in [0.25, 0.3) is 0 Å². The van der Waals surface area contributed by atoms with Gasteiger partial charge >= 0.3 is 6.09 Å². The molecule has 0 spiro atoms. The highest BCUT2D eigenvalue weighted by molar-refractivity contribution is 5.75. The third kappa shape index (κ3) is 4.52. The molecule has 0 aromatic rings. The molecule has 1 saturated heterocycles. The highest BCUT2D eigenvalue weighted by Crippen LogP contribution is 2.26. The van der Waals surface area contributed by atoms with Gasteiger partial charge in [0.25, 0.3) is 0 Å². The van der Waals surface area contributed by atoms with Crippen molar-refractivity contribution in [1.29, 1.82) is 0 Å². The number of likely N-dealkylation sites (tertiary alicyclic amines) is 1. The second-order valence-electron chi connectivity index (χ2n) is 5.86. The van der Waals surface area contributed by atoms with Crippen LogP contribution in [0.1, 0.15) is 34.1 Å². The molecule has 1 fully saturated rings. The number of carbonyl (C=O) groups is 2. The molecule has 0 bridgehead atoms. The Morgan fingerprint density at radius 1 is 1.39 bits per heavy atom. The summed E-state index contributed by atoms with van der Waals surface area (Å²) in [5.41, 5.74) is 4.01. The van der Waals surface area contributed by atoms with Gasteiger partial charge in [-0.15, -0.1) is 0 Å². The fourth-order valence-corrected chi connectivity index (χ4v) is 1.78. The van der Waals surface area contributed by atoms with Crippen molar-refractivity contribution in [3.63, 3.8) is 0 Å². The van der Waals surface area contributed by atoms with Crippen molar-refractivity contribution in [1.82, 2.24) is 4.90 Å². The molecule has 2 N–H and O–H groups in total. The van der Waals surface area contributed by atoms with E-state index in [1.54, 1.807) is 4.90 Å². The summed E-state index contributed by atoms with van der Waals surface area (Å²) in [6.45, 7) is 8.18. The average molecular weight is 258 g/mol. The van der Waals surface area contributed by atoms with E-state index in [0.29, 0.717) is 19.5 Å². The average Bonchev–Trinajstić information content (AvgIpc) is 2.56. The Balaban J connectivity index is 2.49. The Morgan fingerprint density at radius 3 is 2.50 bits per heavy atom. The molecule has 1 aliphatic rings. The molecule has 1 unspecified atom stereocenters. The lowest BCUT2D eigenvalue weighted by Crippen LogP contribution is -2.40. The van der Waals surface area contributed by atoms with Gasteiger partial charge in [-0.25, -0.2) is 4.79 Å². The molecule has 6 heteroatoms. The Bertz CT molecular complexity index is 337. The number of carbonyl (C=O) groups excluding carboxylic acids is 2. The van der Waals surface area contributed by atoms with E-state index in [2.05, 4.69) is 0 Å². The number of ether oxygens (including phenoxy) is 2. The summed E-state index contributed by atoms with van der Waals surface area (Å²) in [7, 11) is 0. The highest BCUT2D eigenvalue weighted by Gasteiger charge is 2.38. The van der Waals surface area contributed by atoms with Crippen LogP contribution in [-0.2, 0) is 14.3 Å². The fourth-order valence-electron chi connectivity index (χ4n) is 1.78. The summed E-state index contributed by atoms with van der Waals surface area (Å²) < 4.78 is 10.7. The number of amides is 2. The van der Waals surface area contributed by atoms with E-state index in [9.17, 15) is 9.59 Å².